The number of rotatable bonds is 5. The molecular formula is C14H13NO2S. The quantitative estimate of drug-likeness (QED) is 0.662. The van der Waals surface area contributed by atoms with E-state index < -0.39 is 0 Å². The normalized spacial score (nSPS) is 10.2. The van der Waals surface area contributed by atoms with E-state index >= 15 is 0 Å². The number of aldehydes is 1. The second-order valence-corrected chi connectivity index (χ2v) is 4.35. The molecule has 3 nitrogen and oxygen atoms in total. The average molecular weight is 259 g/mol. The second kappa shape index (κ2) is 5.60. The van der Waals surface area contributed by atoms with Crippen molar-refractivity contribution >= 4 is 23.5 Å². The van der Waals surface area contributed by atoms with Crippen molar-refractivity contribution in [2.24, 2.45) is 5.73 Å². The van der Waals surface area contributed by atoms with Gasteiger partial charge < -0.3 is 14.9 Å². The number of nitrogens with two attached hydrogens (primary N) is 1. The largest absolute Gasteiger partial charge is 0.461 e. The Morgan fingerprint density at radius 2 is 1.94 bits per heavy atom. The van der Waals surface area contributed by atoms with Gasteiger partial charge in [0.15, 0.2) is 0 Å². The van der Waals surface area contributed by atoms with Gasteiger partial charge in [0.25, 0.3) is 0 Å². The van der Waals surface area contributed by atoms with Crippen LogP contribution >= 0.6 is 12.2 Å². The van der Waals surface area contributed by atoms with Gasteiger partial charge in [0.1, 0.15) is 22.8 Å². The molecule has 0 spiro atoms. The van der Waals surface area contributed by atoms with Gasteiger partial charge in [-0.15, -0.1) is 0 Å². The minimum atomic E-state index is 0.382. The lowest BCUT2D eigenvalue weighted by Gasteiger charge is -2.00. The summed E-state index contributed by atoms with van der Waals surface area (Å²) in [5.74, 6) is 1.60. The molecule has 1 aromatic heterocycles. The number of carbonyl (C=O) groups excluding carboxylic acids is 1. The first-order valence-corrected chi connectivity index (χ1v) is 6.04. The van der Waals surface area contributed by atoms with Crippen LogP contribution in [0.2, 0.25) is 0 Å². The molecule has 0 radical (unpaired) electrons. The molecule has 2 aromatic rings. The molecule has 1 heterocycles. The molecule has 0 saturated carbocycles. The van der Waals surface area contributed by atoms with Gasteiger partial charge in [-0.3, -0.25) is 0 Å². The number of furan rings is 1. The minimum Gasteiger partial charge on any atom is -0.461 e. The van der Waals surface area contributed by atoms with E-state index in [-0.39, 0.29) is 0 Å². The second-order valence-electron chi connectivity index (χ2n) is 3.91. The zero-order valence-electron chi connectivity index (χ0n) is 9.76. The fourth-order valence-corrected chi connectivity index (χ4v) is 1.80. The summed E-state index contributed by atoms with van der Waals surface area (Å²) < 4.78 is 5.65. The molecule has 0 atom stereocenters. The van der Waals surface area contributed by atoms with E-state index in [1.807, 2.05) is 36.4 Å². The third-order valence-electron chi connectivity index (χ3n) is 2.62. The van der Waals surface area contributed by atoms with Gasteiger partial charge >= 0.3 is 0 Å². The zero-order valence-corrected chi connectivity index (χ0v) is 10.6. The lowest BCUT2D eigenvalue weighted by atomic mass is 10.1. The summed E-state index contributed by atoms with van der Waals surface area (Å²) in [4.78, 5) is 10.7. The molecule has 92 valence electrons. The Hall–Kier alpha value is -1.94. The van der Waals surface area contributed by atoms with Crippen molar-refractivity contribution in [2.75, 3.05) is 0 Å². The Morgan fingerprint density at radius 1 is 1.22 bits per heavy atom. The lowest BCUT2D eigenvalue weighted by Crippen LogP contribution is -2.08. The van der Waals surface area contributed by atoms with Crippen LogP contribution < -0.4 is 5.73 Å². The topological polar surface area (TPSA) is 56.2 Å². The molecule has 4 heteroatoms. The van der Waals surface area contributed by atoms with E-state index in [1.54, 1.807) is 0 Å². The smallest absolute Gasteiger partial charge is 0.134 e. The average Bonchev–Trinajstić information content (AvgIpc) is 2.85. The molecule has 0 unspecified atom stereocenters. The van der Waals surface area contributed by atoms with Crippen LogP contribution in [-0.4, -0.2) is 11.3 Å². The molecule has 18 heavy (non-hydrogen) atoms. The molecular weight excluding hydrogens is 246 g/mol. The van der Waals surface area contributed by atoms with Gasteiger partial charge in [-0.25, -0.2) is 0 Å². The SMILES string of the molecule is NC(=S)c1ccc(-c2ccc(CCC=O)o2)cc1. The summed E-state index contributed by atoms with van der Waals surface area (Å²) >= 11 is 4.90. The molecule has 1 aromatic carbocycles. The third kappa shape index (κ3) is 2.84. The molecule has 0 aliphatic carbocycles. The van der Waals surface area contributed by atoms with Crippen LogP contribution in [0.25, 0.3) is 11.3 Å². The van der Waals surface area contributed by atoms with E-state index in [0.29, 0.717) is 17.8 Å². The number of aryl methyl sites for hydroxylation is 1. The highest BCUT2D eigenvalue weighted by atomic mass is 32.1. The maximum absolute atomic E-state index is 10.3. The van der Waals surface area contributed by atoms with Crippen LogP contribution in [0, 0.1) is 0 Å². The summed E-state index contributed by atoms with van der Waals surface area (Å²) in [6.07, 6.45) is 2.00. The first-order valence-electron chi connectivity index (χ1n) is 5.63. The van der Waals surface area contributed by atoms with Gasteiger partial charge in [0.05, 0.1) is 0 Å². The van der Waals surface area contributed by atoms with Gasteiger partial charge in [0.2, 0.25) is 0 Å². The first kappa shape index (κ1) is 12.5. The molecule has 0 saturated heterocycles. The molecule has 0 bridgehead atoms. The van der Waals surface area contributed by atoms with Crippen molar-refractivity contribution in [3.63, 3.8) is 0 Å². The van der Waals surface area contributed by atoms with Crippen molar-refractivity contribution in [2.45, 2.75) is 12.8 Å². The maximum atomic E-state index is 10.3. The Labute approximate surface area is 111 Å². The van der Waals surface area contributed by atoms with Gasteiger partial charge in [-0.05, 0) is 12.1 Å². The van der Waals surface area contributed by atoms with Crippen molar-refractivity contribution < 1.29 is 9.21 Å². The number of hydrogen-bond acceptors (Lipinski definition) is 3. The predicted octanol–water partition coefficient (Wildman–Crippen LogP) is 2.71. The van der Waals surface area contributed by atoms with E-state index in [0.717, 1.165) is 28.9 Å². The Kier molecular flexibility index (Phi) is 3.89. The van der Waals surface area contributed by atoms with Crippen molar-refractivity contribution in [1.29, 1.82) is 0 Å². The maximum Gasteiger partial charge on any atom is 0.134 e. The highest BCUT2D eigenvalue weighted by molar-refractivity contribution is 7.80. The number of thiocarbonyl (C=S) groups is 1. The van der Waals surface area contributed by atoms with Crippen LogP contribution in [0.4, 0.5) is 0 Å². The summed E-state index contributed by atoms with van der Waals surface area (Å²) in [6, 6.07) is 11.3. The Morgan fingerprint density at radius 3 is 2.56 bits per heavy atom. The fraction of sp³-hybridized carbons (Fsp3) is 0.143. The van der Waals surface area contributed by atoms with Crippen molar-refractivity contribution in [3.8, 4) is 11.3 Å². The van der Waals surface area contributed by atoms with Crippen molar-refractivity contribution in [1.82, 2.24) is 0 Å². The standard InChI is InChI=1S/C14H13NO2S/c15-14(18)11-5-3-10(4-6-11)13-8-7-12(17-13)2-1-9-16/h3-9H,1-2H2,(H2,15,18). The van der Waals surface area contributed by atoms with Crippen LogP contribution in [0.15, 0.2) is 40.8 Å². The van der Waals surface area contributed by atoms with E-state index in [9.17, 15) is 4.79 Å². The van der Waals surface area contributed by atoms with Gasteiger partial charge in [-0.1, -0.05) is 36.5 Å². The Bertz CT molecular complexity index is 557. The van der Waals surface area contributed by atoms with Gasteiger partial charge in [-0.2, -0.15) is 0 Å². The summed E-state index contributed by atoms with van der Waals surface area (Å²) in [5.41, 5.74) is 7.34. The molecule has 0 aliphatic heterocycles. The van der Waals surface area contributed by atoms with Crippen LogP contribution in [0.3, 0.4) is 0 Å². The monoisotopic (exact) mass is 259 g/mol. The summed E-state index contributed by atoms with van der Waals surface area (Å²) in [6.45, 7) is 0. The zero-order chi connectivity index (χ0) is 13.0. The first-order chi connectivity index (χ1) is 8.70. The van der Waals surface area contributed by atoms with Crippen LogP contribution in [0.1, 0.15) is 17.7 Å². The molecule has 2 rings (SSSR count). The highest BCUT2D eigenvalue weighted by Gasteiger charge is 2.05. The molecule has 2 N–H and O–H groups in total. The third-order valence-corrected chi connectivity index (χ3v) is 2.86. The predicted molar refractivity (Wildman–Crippen MR) is 74.4 cm³/mol. The summed E-state index contributed by atoms with van der Waals surface area (Å²) in [5, 5.41) is 0. The molecule has 0 amide bonds. The number of benzene rings is 1. The van der Waals surface area contributed by atoms with Gasteiger partial charge in [0, 0.05) is 24.0 Å². The highest BCUT2D eigenvalue weighted by Crippen LogP contribution is 2.23. The van der Waals surface area contributed by atoms with E-state index in [2.05, 4.69) is 0 Å². The Balaban J connectivity index is 2.18. The van der Waals surface area contributed by atoms with E-state index in [1.165, 1.54) is 0 Å². The molecule has 0 aliphatic rings. The van der Waals surface area contributed by atoms with Crippen LogP contribution in [-0.2, 0) is 11.2 Å². The van der Waals surface area contributed by atoms with Crippen molar-refractivity contribution in [3.05, 3.63) is 47.7 Å². The molecule has 0 fully saturated rings. The minimum absolute atomic E-state index is 0.382. The number of hydrogen-bond donors (Lipinski definition) is 1. The fourth-order valence-electron chi connectivity index (χ4n) is 1.67. The summed E-state index contributed by atoms with van der Waals surface area (Å²) in [7, 11) is 0. The lowest BCUT2D eigenvalue weighted by molar-refractivity contribution is -0.107. The van der Waals surface area contributed by atoms with Crippen LogP contribution in [0.5, 0.6) is 0 Å². The van der Waals surface area contributed by atoms with E-state index in [4.69, 9.17) is 22.4 Å². The number of carbonyl (C=O) groups is 1.